The zero-order valence-electron chi connectivity index (χ0n) is 16.0. The first-order valence-corrected chi connectivity index (χ1v) is 11.7. The van der Waals surface area contributed by atoms with E-state index in [0.717, 1.165) is 10.6 Å². The van der Waals surface area contributed by atoms with Gasteiger partial charge in [0.05, 0.1) is 12.5 Å². The van der Waals surface area contributed by atoms with Gasteiger partial charge in [0, 0.05) is 24.5 Å². The number of piperidine rings is 1. The van der Waals surface area contributed by atoms with Crippen LogP contribution in [0.5, 0.6) is 5.75 Å². The Labute approximate surface area is 170 Å². The Morgan fingerprint density at radius 2 is 2.04 bits per heavy atom. The predicted molar refractivity (Wildman–Crippen MR) is 110 cm³/mol. The molecule has 0 saturated carbocycles. The van der Waals surface area contributed by atoms with Crippen LogP contribution in [0.3, 0.4) is 0 Å². The molecule has 1 atom stereocenters. The smallest absolute Gasteiger partial charge is 0.252 e. The highest BCUT2D eigenvalue weighted by molar-refractivity contribution is 7.91. The van der Waals surface area contributed by atoms with E-state index in [1.807, 2.05) is 43.3 Å². The number of ether oxygens (including phenoxy) is 1. The second kappa shape index (κ2) is 9.54. The molecule has 0 radical (unpaired) electrons. The Morgan fingerprint density at radius 3 is 2.75 bits per heavy atom. The fourth-order valence-electron chi connectivity index (χ4n) is 3.19. The zero-order chi connectivity index (χ0) is 20.0. The molecule has 1 unspecified atom stereocenters. The van der Waals surface area contributed by atoms with Gasteiger partial charge in [0.2, 0.25) is 5.91 Å². The number of nitrogens with one attached hydrogen (secondary N) is 1. The Morgan fingerprint density at radius 1 is 1.25 bits per heavy atom. The average Bonchev–Trinajstić information content (AvgIpc) is 3.16. The maximum absolute atomic E-state index is 12.8. The molecule has 6 nitrogen and oxygen atoms in total. The summed E-state index contributed by atoms with van der Waals surface area (Å²) in [5.74, 6) is 0.423. The number of benzene rings is 1. The van der Waals surface area contributed by atoms with Gasteiger partial charge >= 0.3 is 0 Å². The molecule has 1 fully saturated rings. The van der Waals surface area contributed by atoms with E-state index in [2.05, 4.69) is 5.32 Å². The van der Waals surface area contributed by atoms with Crippen molar-refractivity contribution in [1.82, 2.24) is 9.62 Å². The lowest BCUT2D eigenvalue weighted by Gasteiger charge is -2.30. The molecular weight excluding hydrogens is 396 g/mol. The number of thiophene rings is 1. The number of amides is 1. The summed E-state index contributed by atoms with van der Waals surface area (Å²) in [6, 6.07) is 13.0. The molecule has 1 amide bonds. The second-order valence-electron chi connectivity index (χ2n) is 6.87. The van der Waals surface area contributed by atoms with Gasteiger partial charge in [0.25, 0.3) is 10.0 Å². The van der Waals surface area contributed by atoms with E-state index in [0.29, 0.717) is 43.2 Å². The monoisotopic (exact) mass is 422 g/mol. The van der Waals surface area contributed by atoms with Gasteiger partial charge in [-0.05, 0) is 50.5 Å². The van der Waals surface area contributed by atoms with E-state index in [4.69, 9.17) is 4.74 Å². The Bertz CT molecular complexity index is 881. The molecule has 1 aliphatic rings. The van der Waals surface area contributed by atoms with Gasteiger partial charge in [-0.1, -0.05) is 18.2 Å². The molecule has 8 heteroatoms. The average molecular weight is 423 g/mol. The van der Waals surface area contributed by atoms with Crippen LogP contribution < -0.4 is 10.1 Å². The lowest BCUT2D eigenvalue weighted by molar-refractivity contribution is -0.126. The first-order valence-electron chi connectivity index (χ1n) is 9.49. The molecule has 3 rings (SSSR count). The molecular formula is C20H26N2O4S2. The van der Waals surface area contributed by atoms with Crippen LogP contribution in [0.1, 0.15) is 24.1 Å². The molecule has 0 bridgehead atoms. The minimum Gasteiger partial charge on any atom is -0.494 e. The summed E-state index contributed by atoms with van der Waals surface area (Å²) in [4.78, 5) is 13.4. The van der Waals surface area contributed by atoms with Gasteiger partial charge in [-0.25, -0.2) is 8.42 Å². The van der Waals surface area contributed by atoms with Crippen LogP contribution in [0, 0.1) is 12.8 Å². The molecule has 2 aromatic rings. The Hall–Kier alpha value is -1.90. The van der Waals surface area contributed by atoms with Crippen molar-refractivity contribution in [2.75, 3.05) is 26.2 Å². The number of carbonyl (C=O) groups is 1. The number of rotatable bonds is 8. The van der Waals surface area contributed by atoms with E-state index >= 15 is 0 Å². The summed E-state index contributed by atoms with van der Waals surface area (Å²) in [6.07, 6.45) is 2.10. The van der Waals surface area contributed by atoms with Gasteiger partial charge in [0.1, 0.15) is 9.96 Å². The van der Waals surface area contributed by atoms with E-state index in [-0.39, 0.29) is 18.4 Å². The highest BCUT2D eigenvalue weighted by atomic mass is 32.2. The van der Waals surface area contributed by atoms with Crippen molar-refractivity contribution in [1.29, 1.82) is 0 Å². The molecule has 0 aliphatic carbocycles. The first-order chi connectivity index (χ1) is 13.5. The molecule has 1 aromatic carbocycles. The number of para-hydroxylation sites is 1. The van der Waals surface area contributed by atoms with Crippen LogP contribution in [0.2, 0.25) is 0 Å². The van der Waals surface area contributed by atoms with E-state index in [1.54, 1.807) is 6.07 Å². The standard InChI is InChI=1S/C20H26N2O4S2/c1-16-10-11-19(27-16)28(24,25)22-13-5-7-17(15-22)20(23)21-12-6-14-26-18-8-3-2-4-9-18/h2-4,8-11,17H,5-7,12-15H2,1H3,(H,21,23). The third-order valence-electron chi connectivity index (χ3n) is 4.70. The van der Waals surface area contributed by atoms with Crippen LogP contribution in [0.15, 0.2) is 46.7 Å². The van der Waals surface area contributed by atoms with Crippen LogP contribution in [-0.4, -0.2) is 44.9 Å². The van der Waals surface area contributed by atoms with E-state index in [1.165, 1.54) is 15.6 Å². The van der Waals surface area contributed by atoms with Crippen molar-refractivity contribution in [2.45, 2.75) is 30.4 Å². The second-order valence-corrected chi connectivity index (χ2v) is 10.3. The SMILES string of the molecule is Cc1ccc(S(=O)(=O)N2CCCC(C(=O)NCCCOc3ccccc3)C2)s1. The maximum atomic E-state index is 12.8. The quantitative estimate of drug-likeness (QED) is 0.664. The zero-order valence-corrected chi connectivity index (χ0v) is 17.6. The number of aryl methyl sites for hydroxylation is 1. The number of nitrogens with zero attached hydrogens (tertiary/aromatic N) is 1. The first kappa shape index (κ1) is 20.8. The van der Waals surface area contributed by atoms with Gasteiger partial charge < -0.3 is 10.1 Å². The normalized spacial score (nSPS) is 18.0. The predicted octanol–water partition coefficient (Wildman–Crippen LogP) is 3.04. The Balaban J connectivity index is 1.45. The maximum Gasteiger partial charge on any atom is 0.252 e. The third kappa shape index (κ3) is 5.33. The van der Waals surface area contributed by atoms with Crippen molar-refractivity contribution in [2.24, 2.45) is 5.92 Å². The summed E-state index contributed by atoms with van der Waals surface area (Å²) < 4.78 is 33.0. The van der Waals surface area contributed by atoms with Crippen molar-refractivity contribution in [3.05, 3.63) is 47.3 Å². The summed E-state index contributed by atoms with van der Waals surface area (Å²) in [7, 11) is -3.52. The molecule has 2 heterocycles. The van der Waals surface area contributed by atoms with Gasteiger partial charge in [-0.3, -0.25) is 4.79 Å². The van der Waals surface area contributed by atoms with Gasteiger partial charge in [0.15, 0.2) is 0 Å². The number of sulfonamides is 1. The molecule has 1 saturated heterocycles. The molecule has 152 valence electrons. The highest BCUT2D eigenvalue weighted by Crippen LogP contribution is 2.28. The third-order valence-corrected chi connectivity index (χ3v) is 8.03. The highest BCUT2D eigenvalue weighted by Gasteiger charge is 2.33. The number of hydrogen-bond acceptors (Lipinski definition) is 5. The van der Waals surface area contributed by atoms with Crippen molar-refractivity contribution < 1.29 is 17.9 Å². The Kier molecular flexibility index (Phi) is 7.09. The van der Waals surface area contributed by atoms with Gasteiger partial charge in [-0.2, -0.15) is 4.31 Å². The van der Waals surface area contributed by atoms with Crippen molar-refractivity contribution >= 4 is 27.3 Å². The lowest BCUT2D eigenvalue weighted by atomic mass is 9.99. The number of carbonyl (C=O) groups excluding carboxylic acids is 1. The molecule has 1 N–H and O–H groups in total. The van der Waals surface area contributed by atoms with Crippen molar-refractivity contribution in [3.63, 3.8) is 0 Å². The summed E-state index contributed by atoms with van der Waals surface area (Å²) in [6.45, 7) is 3.63. The largest absolute Gasteiger partial charge is 0.494 e. The van der Waals surface area contributed by atoms with Crippen LogP contribution >= 0.6 is 11.3 Å². The summed E-state index contributed by atoms with van der Waals surface area (Å²) in [5.41, 5.74) is 0. The fraction of sp³-hybridized carbons (Fsp3) is 0.450. The summed E-state index contributed by atoms with van der Waals surface area (Å²) in [5, 5.41) is 2.92. The number of hydrogen-bond donors (Lipinski definition) is 1. The lowest BCUT2D eigenvalue weighted by Crippen LogP contribution is -2.45. The molecule has 28 heavy (non-hydrogen) atoms. The minimum atomic E-state index is -3.52. The van der Waals surface area contributed by atoms with Crippen LogP contribution in [0.4, 0.5) is 0 Å². The minimum absolute atomic E-state index is 0.0815. The van der Waals surface area contributed by atoms with Crippen LogP contribution in [0.25, 0.3) is 0 Å². The van der Waals surface area contributed by atoms with Crippen molar-refractivity contribution in [3.8, 4) is 5.75 Å². The van der Waals surface area contributed by atoms with Crippen LogP contribution in [-0.2, 0) is 14.8 Å². The fourth-order valence-corrected chi connectivity index (χ4v) is 6.15. The van der Waals surface area contributed by atoms with E-state index < -0.39 is 10.0 Å². The topological polar surface area (TPSA) is 75.7 Å². The molecule has 1 aliphatic heterocycles. The molecule has 0 spiro atoms. The van der Waals surface area contributed by atoms with E-state index in [9.17, 15) is 13.2 Å². The molecule has 1 aromatic heterocycles. The summed E-state index contributed by atoms with van der Waals surface area (Å²) >= 11 is 1.27. The van der Waals surface area contributed by atoms with Gasteiger partial charge in [-0.15, -0.1) is 11.3 Å².